The molecule has 4 heterocycles. The van der Waals surface area contributed by atoms with Crippen LogP contribution in [-0.2, 0) is 46.3 Å². The number of aromatic nitrogens is 4. The Bertz CT molecular complexity index is 1430. The lowest BCUT2D eigenvalue weighted by atomic mass is 10.1. The van der Waals surface area contributed by atoms with Crippen molar-refractivity contribution < 1.29 is 81.6 Å². The van der Waals surface area contributed by atoms with Crippen LogP contribution in [0.3, 0.4) is 0 Å². The fraction of sp³-hybridized carbons (Fsp3) is 0.632. The van der Waals surface area contributed by atoms with Crippen LogP contribution in [0.25, 0.3) is 11.2 Å². The third kappa shape index (κ3) is 7.88. The monoisotopic (exact) mass is 659 g/mol. The highest BCUT2D eigenvalue weighted by atomic mass is 31.3. The van der Waals surface area contributed by atoms with Gasteiger partial charge >= 0.3 is 27.6 Å². The number of ether oxygens (including phenoxy) is 3. The van der Waals surface area contributed by atoms with Crippen molar-refractivity contribution in [2.45, 2.75) is 62.0 Å². The molecule has 24 heteroatoms. The quantitative estimate of drug-likeness (QED) is 0.0791. The molecule has 0 amide bonds. The predicted octanol–water partition coefficient (Wildman–Crippen LogP) is -2.87. The first-order valence-corrected chi connectivity index (χ1v) is 15.1. The van der Waals surface area contributed by atoms with E-state index in [9.17, 15) is 48.9 Å². The number of carbonyl (C=O) groups is 2. The molecule has 0 spiro atoms. The molecule has 2 saturated heterocycles. The Labute approximate surface area is 239 Å². The lowest BCUT2D eigenvalue weighted by molar-refractivity contribution is -0.173. The summed E-state index contributed by atoms with van der Waals surface area (Å²) < 4.78 is 54.3. The van der Waals surface area contributed by atoms with Gasteiger partial charge in [0.05, 0.1) is 32.4 Å². The van der Waals surface area contributed by atoms with Crippen molar-refractivity contribution in [3.8, 4) is 0 Å². The third-order valence-corrected chi connectivity index (χ3v) is 8.73. The van der Waals surface area contributed by atoms with Gasteiger partial charge in [-0.05, 0) is 0 Å². The summed E-state index contributed by atoms with van der Waals surface area (Å²) in [6.07, 6.45) is -11.9. The smallest absolute Gasteiger partial charge is 0.481 e. The Morgan fingerprint density at radius 2 is 1.56 bits per heavy atom. The third-order valence-electron chi connectivity index (χ3n) is 6.13. The number of carboxylic acid groups (broad SMARTS) is 1. The number of aliphatic hydroxyl groups is 4. The van der Waals surface area contributed by atoms with Gasteiger partial charge in [0.1, 0.15) is 42.4 Å². The highest BCUT2D eigenvalue weighted by Gasteiger charge is 2.48. The highest BCUT2D eigenvalue weighted by Crippen LogP contribution is 2.60. The van der Waals surface area contributed by atoms with Crippen LogP contribution in [0, 0.1) is 0 Å². The average molecular weight is 659 g/mol. The van der Waals surface area contributed by atoms with Crippen molar-refractivity contribution in [3.63, 3.8) is 0 Å². The van der Waals surface area contributed by atoms with Crippen molar-refractivity contribution in [1.82, 2.24) is 19.5 Å². The van der Waals surface area contributed by atoms with Crippen LogP contribution in [0.1, 0.15) is 19.1 Å². The molecule has 2 fully saturated rings. The standard InChI is InChI=1S/C19H27N5O17P2/c20-16-11-17(22-5-21-16)24(6-23-11)18-14(30)12(28)7(38-18)3-36-42(32,33)41-43(34,35)37-4-8-13(29)15(19(31)39-8)40-10(27)2-1-9(25)26/h5-8,12-15,18-19,28-31H,1-4H2,(H,25,26)(H,32,33)(H,34,35)(H2,20,21,22)/t7-,8-,12-,13-,14-,15-,18-,19?/m1/s1. The minimum Gasteiger partial charge on any atom is -0.481 e. The van der Waals surface area contributed by atoms with Gasteiger partial charge < -0.3 is 55.3 Å². The molecule has 10 atom stereocenters. The van der Waals surface area contributed by atoms with E-state index in [0.29, 0.717) is 0 Å². The maximum atomic E-state index is 12.3. The fourth-order valence-corrected chi connectivity index (χ4v) is 6.16. The van der Waals surface area contributed by atoms with E-state index >= 15 is 0 Å². The van der Waals surface area contributed by atoms with Gasteiger partial charge in [-0.2, -0.15) is 4.31 Å². The highest BCUT2D eigenvalue weighted by molar-refractivity contribution is 7.61. The first-order valence-electron chi connectivity index (χ1n) is 12.1. The molecule has 0 radical (unpaired) electrons. The summed E-state index contributed by atoms with van der Waals surface area (Å²) in [5, 5.41) is 49.5. The number of anilines is 1. The number of fused-ring (bicyclic) bond motifs is 1. The lowest BCUT2D eigenvalue weighted by Crippen LogP contribution is -2.38. The Kier molecular flexibility index (Phi) is 10.1. The van der Waals surface area contributed by atoms with E-state index in [1.54, 1.807) is 0 Å². The van der Waals surface area contributed by atoms with E-state index in [0.717, 1.165) is 6.33 Å². The molecule has 2 aliphatic rings. The molecular weight excluding hydrogens is 632 g/mol. The number of carboxylic acids is 1. The Hall–Kier alpha value is -2.69. The number of phosphoric acid groups is 2. The summed E-state index contributed by atoms with van der Waals surface area (Å²) in [5.41, 5.74) is 6.05. The minimum atomic E-state index is -5.43. The number of esters is 1. The zero-order chi connectivity index (χ0) is 31.7. The van der Waals surface area contributed by atoms with E-state index < -0.39 is 103 Å². The Balaban J connectivity index is 1.28. The molecule has 9 N–H and O–H groups in total. The van der Waals surface area contributed by atoms with Crippen LogP contribution in [0.15, 0.2) is 12.7 Å². The summed E-state index contributed by atoms with van der Waals surface area (Å²) in [4.78, 5) is 53.8. The van der Waals surface area contributed by atoms with Crippen molar-refractivity contribution >= 4 is 44.6 Å². The molecule has 240 valence electrons. The van der Waals surface area contributed by atoms with Crippen LogP contribution in [0.2, 0.25) is 0 Å². The first kappa shape index (κ1) is 33.2. The number of imidazole rings is 1. The SMILES string of the molecule is Nc1ncnc2c1ncn2[C@@H]1O[C@H](COP(=O)(O)OP(=O)(O)OC[C@H]2OC(O)[C@H](OC(=O)CCC(=O)O)[C@@H]2O)[C@@H](O)[C@H]1O. The summed E-state index contributed by atoms with van der Waals surface area (Å²) >= 11 is 0. The summed E-state index contributed by atoms with van der Waals surface area (Å²) in [7, 11) is -10.8. The van der Waals surface area contributed by atoms with Crippen LogP contribution in [0.4, 0.5) is 5.82 Å². The van der Waals surface area contributed by atoms with E-state index in [1.165, 1.54) is 10.9 Å². The molecular formula is C19H27N5O17P2. The predicted molar refractivity (Wildman–Crippen MR) is 132 cm³/mol. The number of hydrogen-bond donors (Lipinski definition) is 8. The fourth-order valence-electron chi connectivity index (χ4n) is 4.07. The number of carbonyl (C=O) groups excluding carboxylic acids is 1. The lowest BCUT2D eigenvalue weighted by Gasteiger charge is -2.21. The summed E-state index contributed by atoms with van der Waals surface area (Å²) in [6.45, 7) is -1.96. The number of nitrogens with two attached hydrogens (primary N) is 1. The Morgan fingerprint density at radius 1 is 0.930 bits per heavy atom. The molecule has 0 saturated carbocycles. The van der Waals surface area contributed by atoms with Crippen LogP contribution >= 0.6 is 15.6 Å². The van der Waals surface area contributed by atoms with Crippen LogP contribution in [0.5, 0.6) is 0 Å². The van der Waals surface area contributed by atoms with Crippen LogP contribution < -0.4 is 5.73 Å². The zero-order valence-corrected chi connectivity index (χ0v) is 23.4. The maximum absolute atomic E-state index is 12.3. The van der Waals surface area contributed by atoms with Crippen LogP contribution in [-0.4, -0.2) is 123 Å². The largest absolute Gasteiger partial charge is 0.481 e. The molecule has 0 aliphatic carbocycles. The molecule has 2 aromatic rings. The normalized spacial score (nSPS) is 32.0. The average Bonchev–Trinajstić information content (AvgIpc) is 3.55. The molecule has 43 heavy (non-hydrogen) atoms. The van der Waals surface area contributed by atoms with E-state index in [2.05, 4.69) is 28.3 Å². The molecule has 3 unspecified atom stereocenters. The van der Waals surface area contributed by atoms with E-state index in [-0.39, 0.29) is 17.0 Å². The zero-order valence-electron chi connectivity index (χ0n) is 21.6. The van der Waals surface area contributed by atoms with E-state index in [4.69, 9.17) is 25.1 Å². The van der Waals surface area contributed by atoms with Gasteiger partial charge in [-0.25, -0.2) is 24.1 Å². The first-order chi connectivity index (χ1) is 20.1. The van der Waals surface area contributed by atoms with Gasteiger partial charge in [0, 0.05) is 0 Å². The second kappa shape index (κ2) is 13.1. The topological polar surface area (TPSA) is 335 Å². The van der Waals surface area contributed by atoms with Crippen molar-refractivity contribution in [1.29, 1.82) is 0 Å². The van der Waals surface area contributed by atoms with Crippen molar-refractivity contribution in [3.05, 3.63) is 12.7 Å². The van der Waals surface area contributed by atoms with Gasteiger partial charge in [0.25, 0.3) is 0 Å². The number of nitrogens with zero attached hydrogens (tertiary/aromatic N) is 4. The maximum Gasteiger partial charge on any atom is 0.481 e. The second-order valence-corrected chi connectivity index (χ2v) is 12.2. The van der Waals surface area contributed by atoms with Gasteiger partial charge in [0.15, 0.2) is 30.1 Å². The Morgan fingerprint density at radius 3 is 2.19 bits per heavy atom. The number of rotatable bonds is 13. The van der Waals surface area contributed by atoms with Crippen molar-refractivity contribution in [2.24, 2.45) is 0 Å². The van der Waals surface area contributed by atoms with Crippen molar-refractivity contribution in [2.75, 3.05) is 18.9 Å². The molecule has 4 rings (SSSR count). The molecule has 0 bridgehead atoms. The molecule has 2 aliphatic heterocycles. The van der Waals surface area contributed by atoms with Gasteiger partial charge in [-0.3, -0.25) is 23.2 Å². The van der Waals surface area contributed by atoms with Gasteiger partial charge in [-0.1, -0.05) is 0 Å². The van der Waals surface area contributed by atoms with Gasteiger partial charge in [0.2, 0.25) is 0 Å². The number of aliphatic carboxylic acids is 1. The molecule has 22 nitrogen and oxygen atoms in total. The van der Waals surface area contributed by atoms with E-state index in [1.807, 2.05) is 0 Å². The second-order valence-electron chi connectivity index (χ2n) is 9.14. The minimum absolute atomic E-state index is 0.0344. The summed E-state index contributed by atoms with van der Waals surface area (Å²) in [6, 6.07) is 0. The molecule has 2 aromatic heterocycles. The summed E-state index contributed by atoms with van der Waals surface area (Å²) in [5.74, 6) is -2.35. The van der Waals surface area contributed by atoms with Gasteiger partial charge in [-0.15, -0.1) is 0 Å². The number of nitrogen functional groups attached to an aromatic ring is 1. The number of aliphatic hydroxyl groups excluding tert-OH is 4. The number of phosphoric ester groups is 2. The number of hydrogen-bond acceptors (Lipinski definition) is 18. The molecule has 0 aromatic carbocycles.